The van der Waals surface area contributed by atoms with E-state index in [0.29, 0.717) is 31.7 Å². The van der Waals surface area contributed by atoms with E-state index in [9.17, 15) is 4.79 Å². The molecule has 1 amide bonds. The van der Waals surface area contributed by atoms with Gasteiger partial charge in [-0.3, -0.25) is 4.79 Å². The van der Waals surface area contributed by atoms with E-state index in [0.717, 1.165) is 17.8 Å². The summed E-state index contributed by atoms with van der Waals surface area (Å²) in [6.07, 6.45) is 2.56. The van der Waals surface area contributed by atoms with Gasteiger partial charge in [-0.05, 0) is 30.5 Å². The first-order chi connectivity index (χ1) is 9.28. The van der Waals surface area contributed by atoms with Gasteiger partial charge < -0.3 is 15.0 Å². The zero-order chi connectivity index (χ0) is 12.9. The van der Waals surface area contributed by atoms with Crippen molar-refractivity contribution < 1.29 is 9.53 Å². The highest BCUT2D eigenvalue weighted by molar-refractivity contribution is 5.95. The lowest BCUT2D eigenvalue weighted by Gasteiger charge is -2.27. The van der Waals surface area contributed by atoms with Gasteiger partial charge in [0.1, 0.15) is 0 Å². The number of benzene rings is 1. The van der Waals surface area contributed by atoms with Gasteiger partial charge in [-0.2, -0.15) is 0 Å². The lowest BCUT2D eigenvalue weighted by Crippen LogP contribution is -2.40. The van der Waals surface area contributed by atoms with Gasteiger partial charge in [-0.25, -0.2) is 0 Å². The molecule has 2 heterocycles. The van der Waals surface area contributed by atoms with Crippen LogP contribution in [0.5, 0.6) is 0 Å². The van der Waals surface area contributed by atoms with Crippen molar-refractivity contribution in [3.05, 3.63) is 29.3 Å². The van der Waals surface area contributed by atoms with Gasteiger partial charge >= 0.3 is 0 Å². The van der Waals surface area contributed by atoms with Crippen molar-refractivity contribution in [1.29, 1.82) is 0 Å². The molecule has 2 aliphatic heterocycles. The van der Waals surface area contributed by atoms with E-state index in [4.69, 9.17) is 4.74 Å². The van der Waals surface area contributed by atoms with Crippen LogP contribution in [0.4, 0.5) is 5.69 Å². The van der Waals surface area contributed by atoms with E-state index in [2.05, 4.69) is 11.4 Å². The molecule has 1 N–H and O–H groups in total. The van der Waals surface area contributed by atoms with E-state index in [1.54, 1.807) is 0 Å². The Bertz CT molecular complexity index is 531. The van der Waals surface area contributed by atoms with E-state index < -0.39 is 0 Å². The maximum Gasteiger partial charge on any atom is 0.254 e. The molecule has 1 saturated carbocycles. The van der Waals surface area contributed by atoms with Gasteiger partial charge in [0.25, 0.3) is 5.91 Å². The normalized spacial score (nSPS) is 23.1. The topological polar surface area (TPSA) is 41.6 Å². The number of hydrogen-bond acceptors (Lipinski definition) is 3. The number of nitrogens with zero attached hydrogens (tertiary/aromatic N) is 1. The molecule has 4 heteroatoms. The second-order valence-corrected chi connectivity index (χ2v) is 5.80. The van der Waals surface area contributed by atoms with E-state index in [1.165, 1.54) is 18.4 Å². The molecule has 1 aromatic carbocycles. The fourth-order valence-corrected chi connectivity index (χ4v) is 3.19. The van der Waals surface area contributed by atoms with Crippen molar-refractivity contribution in [2.45, 2.75) is 18.3 Å². The highest BCUT2D eigenvalue weighted by Gasteiger charge is 2.48. The summed E-state index contributed by atoms with van der Waals surface area (Å²) in [5.41, 5.74) is 3.77. The number of nitrogens with one attached hydrogen (secondary N) is 1. The average molecular weight is 258 g/mol. The second-order valence-electron chi connectivity index (χ2n) is 5.80. The van der Waals surface area contributed by atoms with Crippen LogP contribution in [0.1, 0.15) is 28.8 Å². The molecule has 4 rings (SSSR count). The minimum Gasteiger partial charge on any atom is -0.384 e. The van der Waals surface area contributed by atoms with Crippen molar-refractivity contribution in [2.75, 3.05) is 38.2 Å². The minimum atomic E-state index is 0.129. The highest BCUT2D eigenvalue weighted by Crippen LogP contribution is 2.54. The molecule has 1 spiro atoms. The van der Waals surface area contributed by atoms with Gasteiger partial charge in [0.15, 0.2) is 0 Å². The molecule has 0 atom stereocenters. The summed E-state index contributed by atoms with van der Waals surface area (Å²) in [5.74, 6) is 0.129. The molecule has 3 aliphatic rings. The molecule has 2 fully saturated rings. The van der Waals surface area contributed by atoms with E-state index >= 15 is 0 Å². The van der Waals surface area contributed by atoms with Crippen LogP contribution in [0, 0.1) is 0 Å². The fraction of sp³-hybridized carbons (Fsp3) is 0.533. The molecule has 19 heavy (non-hydrogen) atoms. The average Bonchev–Trinajstić information content (AvgIpc) is 3.17. The number of morpholine rings is 1. The standard InChI is InChI=1S/C15H18N2O2/c18-14(17-5-7-19-8-6-17)11-1-2-12-13(9-11)16-10-15(12)3-4-15/h1-2,9,16H,3-8,10H2. The van der Waals surface area contributed by atoms with Crippen molar-refractivity contribution >= 4 is 11.6 Å². The maximum absolute atomic E-state index is 12.4. The molecule has 0 aromatic heterocycles. The quantitative estimate of drug-likeness (QED) is 0.832. The number of hydrogen-bond donors (Lipinski definition) is 1. The maximum atomic E-state index is 12.4. The third-order valence-corrected chi connectivity index (χ3v) is 4.61. The van der Waals surface area contributed by atoms with Crippen molar-refractivity contribution in [3.63, 3.8) is 0 Å². The Morgan fingerprint density at radius 3 is 2.79 bits per heavy atom. The Morgan fingerprint density at radius 2 is 2.05 bits per heavy atom. The van der Waals surface area contributed by atoms with Crippen LogP contribution in [0.3, 0.4) is 0 Å². The molecule has 0 bridgehead atoms. The van der Waals surface area contributed by atoms with Crippen LogP contribution < -0.4 is 5.32 Å². The minimum absolute atomic E-state index is 0.129. The van der Waals surface area contributed by atoms with Crippen molar-refractivity contribution in [1.82, 2.24) is 4.90 Å². The Labute approximate surface area is 112 Å². The molecular weight excluding hydrogens is 240 g/mol. The number of carbonyl (C=O) groups excluding carboxylic acids is 1. The van der Waals surface area contributed by atoms with Crippen LogP contribution in [0.25, 0.3) is 0 Å². The Hall–Kier alpha value is -1.55. The van der Waals surface area contributed by atoms with E-state index in [1.807, 2.05) is 17.0 Å². The molecular formula is C15H18N2O2. The SMILES string of the molecule is O=C(c1ccc2c(c1)NCC21CC1)N1CCOCC1. The third kappa shape index (κ3) is 1.74. The summed E-state index contributed by atoms with van der Waals surface area (Å²) in [6.45, 7) is 3.74. The Morgan fingerprint density at radius 1 is 1.26 bits per heavy atom. The van der Waals surface area contributed by atoms with Crippen LogP contribution in [0.15, 0.2) is 18.2 Å². The molecule has 1 aliphatic carbocycles. The lowest BCUT2D eigenvalue weighted by molar-refractivity contribution is 0.0303. The zero-order valence-electron chi connectivity index (χ0n) is 10.9. The molecule has 0 radical (unpaired) electrons. The Balaban J connectivity index is 1.60. The first-order valence-electron chi connectivity index (χ1n) is 7.04. The number of rotatable bonds is 1. The summed E-state index contributed by atoms with van der Waals surface area (Å²) in [7, 11) is 0. The van der Waals surface area contributed by atoms with Crippen LogP contribution >= 0.6 is 0 Å². The largest absolute Gasteiger partial charge is 0.384 e. The smallest absolute Gasteiger partial charge is 0.254 e. The molecule has 100 valence electrons. The lowest BCUT2D eigenvalue weighted by atomic mass is 9.97. The van der Waals surface area contributed by atoms with Gasteiger partial charge in [-0.15, -0.1) is 0 Å². The first-order valence-corrected chi connectivity index (χ1v) is 7.04. The summed E-state index contributed by atoms with van der Waals surface area (Å²) in [4.78, 5) is 14.3. The summed E-state index contributed by atoms with van der Waals surface area (Å²) < 4.78 is 5.29. The molecule has 0 unspecified atom stereocenters. The summed E-state index contributed by atoms with van der Waals surface area (Å²) >= 11 is 0. The summed E-state index contributed by atoms with van der Waals surface area (Å²) in [5, 5.41) is 3.46. The van der Waals surface area contributed by atoms with Gasteiger partial charge in [0, 0.05) is 36.3 Å². The zero-order valence-corrected chi connectivity index (χ0v) is 10.9. The van der Waals surface area contributed by atoms with Crippen LogP contribution in [0.2, 0.25) is 0 Å². The predicted molar refractivity (Wildman–Crippen MR) is 72.6 cm³/mol. The summed E-state index contributed by atoms with van der Waals surface area (Å²) in [6, 6.07) is 6.17. The second kappa shape index (κ2) is 3.97. The van der Waals surface area contributed by atoms with Gasteiger partial charge in [-0.1, -0.05) is 6.07 Å². The number of amides is 1. The molecule has 1 aromatic rings. The van der Waals surface area contributed by atoms with Crippen molar-refractivity contribution in [2.24, 2.45) is 0 Å². The number of anilines is 1. The monoisotopic (exact) mass is 258 g/mol. The Kier molecular flexibility index (Phi) is 2.36. The fourth-order valence-electron chi connectivity index (χ4n) is 3.19. The van der Waals surface area contributed by atoms with Crippen LogP contribution in [-0.4, -0.2) is 43.7 Å². The van der Waals surface area contributed by atoms with Crippen LogP contribution in [-0.2, 0) is 10.2 Å². The molecule has 4 nitrogen and oxygen atoms in total. The van der Waals surface area contributed by atoms with Gasteiger partial charge in [0.05, 0.1) is 13.2 Å². The predicted octanol–water partition coefficient (Wildman–Crippen LogP) is 1.62. The third-order valence-electron chi connectivity index (χ3n) is 4.61. The van der Waals surface area contributed by atoms with Crippen molar-refractivity contribution in [3.8, 4) is 0 Å². The highest BCUT2D eigenvalue weighted by atomic mass is 16.5. The number of fused-ring (bicyclic) bond motifs is 2. The number of ether oxygens (including phenoxy) is 1. The van der Waals surface area contributed by atoms with Gasteiger partial charge in [0.2, 0.25) is 0 Å². The first kappa shape index (κ1) is 11.3. The van der Waals surface area contributed by atoms with E-state index in [-0.39, 0.29) is 5.91 Å². The number of carbonyl (C=O) groups is 1. The molecule has 1 saturated heterocycles.